The van der Waals surface area contributed by atoms with E-state index >= 15 is 0 Å². The van der Waals surface area contributed by atoms with Crippen LogP contribution in [0.15, 0.2) is 23.1 Å². The minimum Gasteiger partial charge on any atom is -0.383 e. The number of rotatable bonds is 5. The minimum atomic E-state index is -0.297. The Labute approximate surface area is 112 Å². The van der Waals surface area contributed by atoms with Gasteiger partial charge in [0.2, 0.25) is 0 Å². The molecule has 0 aliphatic heterocycles. The number of carbonyl (C=O) groups excluding carboxylic acids is 1. The van der Waals surface area contributed by atoms with Crippen LogP contribution in [-0.2, 0) is 22.6 Å². The molecular weight excluding hydrogens is 244 g/mol. The first kappa shape index (κ1) is 15.0. The highest BCUT2D eigenvalue weighted by Gasteiger charge is 2.09. The van der Waals surface area contributed by atoms with Crippen molar-refractivity contribution in [3.63, 3.8) is 0 Å². The van der Waals surface area contributed by atoms with E-state index in [4.69, 9.17) is 4.74 Å². The maximum atomic E-state index is 12.1. The molecule has 1 rings (SSSR count). The molecule has 19 heavy (non-hydrogen) atoms. The quantitative estimate of drug-likeness (QED) is 0.725. The number of aromatic nitrogens is 1. The predicted molar refractivity (Wildman–Crippen MR) is 72.5 cm³/mol. The van der Waals surface area contributed by atoms with Crippen LogP contribution < -0.4 is 5.56 Å². The van der Waals surface area contributed by atoms with Gasteiger partial charge in [0.25, 0.3) is 11.5 Å². The lowest BCUT2D eigenvalue weighted by molar-refractivity contribution is -0.124. The molecular formula is C14H18N2O3. The molecule has 0 unspecified atom stereocenters. The van der Waals surface area contributed by atoms with Gasteiger partial charge >= 0.3 is 0 Å². The van der Waals surface area contributed by atoms with Gasteiger partial charge in [0.05, 0.1) is 13.2 Å². The zero-order valence-corrected chi connectivity index (χ0v) is 11.5. The monoisotopic (exact) mass is 262 g/mol. The number of nitrogens with zero attached hydrogens (tertiary/aromatic N) is 2. The highest BCUT2D eigenvalue weighted by molar-refractivity contribution is 5.93. The van der Waals surface area contributed by atoms with Crippen molar-refractivity contribution in [1.29, 1.82) is 0 Å². The van der Waals surface area contributed by atoms with Crippen molar-refractivity contribution in [2.75, 3.05) is 20.8 Å². The molecule has 0 radical (unpaired) electrons. The number of pyridine rings is 1. The van der Waals surface area contributed by atoms with Gasteiger partial charge in [-0.3, -0.25) is 9.59 Å². The van der Waals surface area contributed by atoms with E-state index in [1.807, 2.05) is 0 Å². The van der Waals surface area contributed by atoms with Crippen LogP contribution in [0.5, 0.6) is 0 Å². The Kier molecular flexibility index (Phi) is 5.83. The van der Waals surface area contributed by atoms with E-state index in [2.05, 4.69) is 11.8 Å². The van der Waals surface area contributed by atoms with Crippen molar-refractivity contribution in [3.05, 3.63) is 34.2 Å². The lowest BCUT2D eigenvalue weighted by atomic mass is 10.2. The molecule has 0 saturated carbocycles. The second kappa shape index (κ2) is 7.39. The normalized spacial score (nSPS) is 9.63. The number of ether oxygens (including phenoxy) is 1. The smallest absolute Gasteiger partial charge is 0.298 e. The van der Waals surface area contributed by atoms with Gasteiger partial charge in [-0.2, -0.15) is 0 Å². The Balaban J connectivity index is 2.86. The van der Waals surface area contributed by atoms with E-state index in [9.17, 15) is 9.59 Å². The van der Waals surface area contributed by atoms with Crippen molar-refractivity contribution >= 4 is 5.91 Å². The zero-order valence-electron chi connectivity index (χ0n) is 11.5. The summed E-state index contributed by atoms with van der Waals surface area (Å²) in [6.07, 6.45) is 1.71. The number of hydrogen-bond acceptors (Lipinski definition) is 3. The predicted octanol–water partition coefficient (Wildman–Crippen LogP) is 0.476. The van der Waals surface area contributed by atoms with Crippen molar-refractivity contribution in [2.24, 2.45) is 0 Å². The largest absolute Gasteiger partial charge is 0.383 e. The lowest BCUT2D eigenvalue weighted by Gasteiger charge is -2.14. The third-order valence-corrected chi connectivity index (χ3v) is 2.62. The molecule has 0 atom stereocenters. The highest BCUT2D eigenvalue weighted by Crippen LogP contribution is 1.98. The van der Waals surface area contributed by atoms with E-state index in [0.717, 1.165) is 0 Å². The average molecular weight is 262 g/mol. The first-order valence-electron chi connectivity index (χ1n) is 5.95. The minimum absolute atomic E-state index is 0.108. The number of carbonyl (C=O) groups is 1. The van der Waals surface area contributed by atoms with Crippen molar-refractivity contribution in [2.45, 2.75) is 20.0 Å². The van der Waals surface area contributed by atoms with Gasteiger partial charge in [-0.05, 0) is 18.9 Å². The van der Waals surface area contributed by atoms with Crippen LogP contribution >= 0.6 is 0 Å². The Hall–Kier alpha value is -2.06. The van der Waals surface area contributed by atoms with E-state index in [1.165, 1.54) is 4.90 Å². The number of methoxy groups -OCH3 is 1. The topological polar surface area (TPSA) is 51.5 Å². The molecule has 0 aromatic carbocycles. The van der Waals surface area contributed by atoms with Crippen LogP contribution in [-0.4, -0.2) is 36.1 Å². The number of hydrogen-bond donors (Lipinski definition) is 0. The van der Waals surface area contributed by atoms with Crippen molar-refractivity contribution < 1.29 is 9.53 Å². The Morgan fingerprint density at radius 1 is 1.53 bits per heavy atom. The van der Waals surface area contributed by atoms with E-state index in [0.29, 0.717) is 18.7 Å². The summed E-state index contributed by atoms with van der Waals surface area (Å²) in [4.78, 5) is 25.1. The number of amides is 1. The summed E-state index contributed by atoms with van der Waals surface area (Å²) in [7, 11) is 3.21. The third kappa shape index (κ3) is 4.27. The summed E-state index contributed by atoms with van der Waals surface area (Å²) in [5.74, 6) is 4.69. The summed E-state index contributed by atoms with van der Waals surface area (Å²) >= 11 is 0. The molecule has 102 valence electrons. The zero-order chi connectivity index (χ0) is 14.3. The molecule has 1 aromatic heterocycles. The maximum absolute atomic E-state index is 12.1. The molecule has 1 heterocycles. The molecule has 0 saturated heterocycles. The van der Waals surface area contributed by atoms with Gasteiger partial charge in [-0.25, -0.2) is 0 Å². The van der Waals surface area contributed by atoms with Crippen LogP contribution in [0.4, 0.5) is 0 Å². The van der Waals surface area contributed by atoms with Crippen molar-refractivity contribution in [3.8, 4) is 11.8 Å². The van der Waals surface area contributed by atoms with Crippen LogP contribution in [0, 0.1) is 11.8 Å². The van der Waals surface area contributed by atoms with Gasteiger partial charge < -0.3 is 14.2 Å². The standard InChI is InChI=1S/C14H18N2O3/c1-4-6-13(17)15(2)11-12-7-5-8-16(14(12)18)9-10-19-3/h5,7-8H,9-11H2,1-3H3. The summed E-state index contributed by atoms with van der Waals surface area (Å²) in [5.41, 5.74) is 0.455. The van der Waals surface area contributed by atoms with Crippen LogP contribution in [0.1, 0.15) is 12.5 Å². The third-order valence-electron chi connectivity index (χ3n) is 2.62. The molecule has 5 nitrogen and oxygen atoms in total. The van der Waals surface area contributed by atoms with Gasteiger partial charge in [0, 0.05) is 32.5 Å². The summed E-state index contributed by atoms with van der Waals surface area (Å²) in [5, 5.41) is 0. The van der Waals surface area contributed by atoms with Crippen LogP contribution in [0.25, 0.3) is 0 Å². The molecule has 0 aliphatic carbocycles. The van der Waals surface area contributed by atoms with Gasteiger partial charge in [0.1, 0.15) is 0 Å². The first-order chi connectivity index (χ1) is 9.10. The Bertz CT molecular complexity index is 552. The Morgan fingerprint density at radius 2 is 2.26 bits per heavy atom. The maximum Gasteiger partial charge on any atom is 0.298 e. The molecule has 0 bridgehead atoms. The van der Waals surface area contributed by atoms with Gasteiger partial charge in [-0.1, -0.05) is 12.0 Å². The molecule has 0 spiro atoms. The SMILES string of the molecule is CC#CC(=O)N(C)Cc1cccn(CCOC)c1=O. The average Bonchev–Trinajstić information content (AvgIpc) is 2.40. The van der Waals surface area contributed by atoms with Gasteiger partial charge in [0.15, 0.2) is 0 Å². The van der Waals surface area contributed by atoms with Crippen LogP contribution in [0.2, 0.25) is 0 Å². The second-order valence-corrected chi connectivity index (χ2v) is 4.06. The van der Waals surface area contributed by atoms with Gasteiger partial charge in [-0.15, -0.1) is 0 Å². The van der Waals surface area contributed by atoms with Crippen molar-refractivity contribution in [1.82, 2.24) is 9.47 Å². The first-order valence-corrected chi connectivity index (χ1v) is 5.95. The Morgan fingerprint density at radius 3 is 2.89 bits per heavy atom. The molecule has 0 N–H and O–H groups in total. The fraction of sp³-hybridized carbons (Fsp3) is 0.429. The van der Waals surface area contributed by atoms with Crippen LogP contribution in [0.3, 0.4) is 0 Å². The lowest BCUT2D eigenvalue weighted by Crippen LogP contribution is -2.31. The van der Waals surface area contributed by atoms with E-state index in [1.54, 1.807) is 44.0 Å². The second-order valence-electron chi connectivity index (χ2n) is 4.06. The molecule has 1 aromatic rings. The summed E-state index contributed by atoms with van der Waals surface area (Å²) in [6.45, 7) is 2.82. The molecule has 0 fully saturated rings. The highest BCUT2D eigenvalue weighted by atomic mass is 16.5. The summed E-state index contributed by atoms with van der Waals surface area (Å²) in [6, 6.07) is 3.50. The fourth-order valence-corrected chi connectivity index (χ4v) is 1.60. The summed E-state index contributed by atoms with van der Waals surface area (Å²) < 4.78 is 6.52. The molecule has 0 aliphatic rings. The van der Waals surface area contributed by atoms with E-state index in [-0.39, 0.29) is 18.0 Å². The molecule has 5 heteroatoms. The van der Waals surface area contributed by atoms with E-state index < -0.39 is 0 Å². The molecule has 1 amide bonds. The fourth-order valence-electron chi connectivity index (χ4n) is 1.60.